The number of aryl methyl sites for hydroxylation is 1. The fourth-order valence-electron chi connectivity index (χ4n) is 2.10. The Balaban J connectivity index is 1.86. The Labute approximate surface area is 146 Å². The van der Waals surface area contributed by atoms with E-state index in [1.807, 2.05) is 18.2 Å². The molecule has 2 amide bonds. The Hall–Kier alpha value is -2.37. The molecular weight excluding hydrogens is 326 g/mol. The smallest absolute Gasteiger partial charge is 0.264 e. The molecular formula is C18H20ClN3O2. The summed E-state index contributed by atoms with van der Waals surface area (Å²) >= 11 is 5.82. The minimum atomic E-state index is -1.49. The highest BCUT2D eigenvalue weighted by Crippen LogP contribution is 2.11. The van der Waals surface area contributed by atoms with Gasteiger partial charge in [0.1, 0.15) is 0 Å². The number of nitrogens with one attached hydrogen (secondary N) is 2. The van der Waals surface area contributed by atoms with Gasteiger partial charge in [-0.25, -0.2) is 0 Å². The van der Waals surface area contributed by atoms with E-state index in [0.29, 0.717) is 17.1 Å². The second-order valence-electron chi connectivity index (χ2n) is 5.70. The topological polar surface area (TPSA) is 84.2 Å². The van der Waals surface area contributed by atoms with Gasteiger partial charge < -0.3 is 16.4 Å². The molecule has 0 fully saturated rings. The number of rotatable bonds is 6. The molecule has 0 saturated carbocycles. The van der Waals surface area contributed by atoms with Crippen molar-refractivity contribution in [2.45, 2.75) is 25.4 Å². The molecule has 2 rings (SSSR count). The van der Waals surface area contributed by atoms with Gasteiger partial charge in [-0.05, 0) is 43.2 Å². The second-order valence-corrected chi connectivity index (χ2v) is 6.13. The molecule has 4 N–H and O–H groups in total. The zero-order valence-electron chi connectivity index (χ0n) is 13.4. The number of hydrogen-bond donors (Lipinski definition) is 3. The monoisotopic (exact) mass is 345 g/mol. The van der Waals surface area contributed by atoms with Crippen molar-refractivity contribution in [1.82, 2.24) is 5.32 Å². The van der Waals surface area contributed by atoms with Crippen molar-refractivity contribution >= 4 is 29.1 Å². The van der Waals surface area contributed by atoms with E-state index < -0.39 is 11.6 Å². The summed E-state index contributed by atoms with van der Waals surface area (Å²) in [6.07, 6.45) is 0.770. The molecule has 5 nitrogen and oxygen atoms in total. The molecule has 1 atom stereocenters. The molecule has 0 unspecified atom stereocenters. The van der Waals surface area contributed by atoms with Gasteiger partial charge in [-0.2, -0.15) is 0 Å². The lowest BCUT2D eigenvalue weighted by atomic mass is 10.1. The van der Waals surface area contributed by atoms with Crippen molar-refractivity contribution < 1.29 is 9.59 Å². The van der Waals surface area contributed by atoms with Crippen LogP contribution < -0.4 is 16.4 Å². The predicted molar refractivity (Wildman–Crippen MR) is 95.6 cm³/mol. The molecule has 0 spiro atoms. The van der Waals surface area contributed by atoms with Gasteiger partial charge in [0.15, 0.2) is 5.66 Å². The Bertz CT molecular complexity index is 700. The number of halogens is 1. The molecule has 2 aromatic carbocycles. The highest BCUT2D eigenvalue weighted by atomic mass is 35.5. The van der Waals surface area contributed by atoms with E-state index >= 15 is 0 Å². The highest BCUT2D eigenvalue weighted by molar-refractivity contribution is 6.30. The summed E-state index contributed by atoms with van der Waals surface area (Å²) < 4.78 is 0. The standard InChI is InChI=1S/C18H20ClN3O2/c1-18(20,17(24)21-15-5-3-2-4-6-15)22-16(23)12-9-13-7-10-14(19)11-8-13/h2-8,10-11H,9,12,20H2,1H3,(H,21,24)(H,22,23)/t18-/m0/s1. The SMILES string of the molecule is C[C@](N)(NC(=O)CCc1ccc(Cl)cc1)C(=O)Nc1ccccc1. The Morgan fingerprint density at radius 2 is 1.71 bits per heavy atom. The molecule has 0 aromatic heterocycles. The lowest BCUT2D eigenvalue weighted by molar-refractivity contribution is -0.129. The summed E-state index contributed by atoms with van der Waals surface area (Å²) in [5.74, 6) is -0.772. The number of carbonyl (C=O) groups is 2. The zero-order valence-corrected chi connectivity index (χ0v) is 14.1. The Morgan fingerprint density at radius 1 is 1.08 bits per heavy atom. The quantitative estimate of drug-likeness (QED) is 0.704. The maximum absolute atomic E-state index is 12.2. The summed E-state index contributed by atoms with van der Waals surface area (Å²) in [5, 5.41) is 5.88. The maximum Gasteiger partial charge on any atom is 0.264 e. The van der Waals surface area contributed by atoms with E-state index in [0.717, 1.165) is 5.56 Å². The highest BCUT2D eigenvalue weighted by Gasteiger charge is 2.30. The predicted octanol–water partition coefficient (Wildman–Crippen LogP) is 2.70. The maximum atomic E-state index is 12.2. The van der Waals surface area contributed by atoms with Crippen molar-refractivity contribution in [2.24, 2.45) is 5.73 Å². The zero-order chi connectivity index (χ0) is 17.6. The minimum absolute atomic E-state index is 0.229. The van der Waals surface area contributed by atoms with Crippen LogP contribution in [0, 0.1) is 0 Å². The first-order chi connectivity index (χ1) is 11.4. The number of carbonyl (C=O) groups excluding carboxylic acids is 2. The van der Waals surface area contributed by atoms with Gasteiger partial charge >= 0.3 is 0 Å². The fraction of sp³-hybridized carbons (Fsp3) is 0.222. The van der Waals surface area contributed by atoms with Crippen LogP contribution in [-0.4, -0.2) is 17.5 Å². The molecule has 0 aliphatic heterocycles. The third kappa shape index (κ3) is 5.37. The third-order valence-electron chi connectivity index (χ3n) is 3.46. The van der Waals surface area contributed by atoms with E-state index in [1.165, 1.54) is 6.92 Å². The molecule has 126 valence electrons. The van der Waals surface area contributed by atoms with Gasteiger partial charge in [-0.3, -0.25) is 9.59 Å². The molecule has 0 aliphatic rings. The van der Waals surface area contributed by atoms with Gasteiger partial charge in [0.05, 0.1) is 0 Å². The Morgan fingerprint density at radius 3 is 2.33 bits per heavy atom. The molecule has 2 aromatic rings. The van der Waals surface area contributed by atoms with Crippen molar-refractivity contribution in [1.29, 1.82) is 0 Å². The molecule has 6 heteroatoms. The summed E-state index contributed by atoms with van der Waals surface area (Å²) in [6.45, 7) is 1.46. The molecule has 0 saturated heterocycles. The Kier molecular flexibility index (Phi) is 5.95. The number of benzene rings is 2. The van der Waals surface area contributed by atoms with Crippen molar-refractivity contribution in [3.63, 3.8) is 0 Å². The summed E-state index contributed by atoms with van der Waals surface area (Å²) in [6, 6.07) is 16.2. The first kappa shape index (κ1) is 18.0. The lowest BCUT2D eigenvalue weighted by Gasteiger charge is -2.25. The molecule has 0 radical (unpaired) electrons. The van der Waals surface area contributed by atoms with Crippen LogP contribution in [0.2, 0.25) is 5.02 Å². The first-order valence-electron chi connectivity index (χ1n) is 7.58. The fourth-order valence-corrected chi connectivity index (χ4v) is 2.23. The summed E-state index contributed by atoms with van der Waals surface area (Å²) in [4.78, 5) is 24.3. The van der Waals surface area contributed by atoms with Crippen molar-refractivity contribution in [3.05, 3.63) is 65.2 Å². The van der Waals surface area contributed by atoms with E-state index in [-0.39, 0.29) is 12.3 Å². The number of hydrogen-bond acceptors (Lipinski definition) is 3. The first-order valence-corrected chi connectivity index (χ1v) is 7.95. The van der Waals surface area contributed by atoms with E-state index in [2.05, 4.69) is 10.6 Å². The van der Waals surface area contributed by atoms with Gasteiger partial charge in [-0.15, -0.1) is 0 Å². The average molecular weight is 346 g/mol. The van der Waals surface area contributed by atoms with E-state index in [4.69, 9.17) is 17.3 Å². The number of nitrogens with two attached hydrogens (primary N) is 1. The van der Waals surface area contributed by atoms with Crippen molar-refractivity contribution in [3.8, 4) is 0 Å². The van der Waals surface area contributed by atoms with Gasteiger partial charge in [0.2, 0.25) is 5.91 Å². The van der Waals surface area contributed by atoms with E-state index in [1.54, 1.807) is 36.4 Å². The second kappa shape index (κ2) is 7.95. The van der Waals surface area contributed by atoms with Crippen LogP contribution in [-0.2, 0) is 16.0 Å². The lowest BCUT2D eigenvalue weighted by Crippen LogP contribution is -2.61. The molecule has 0 heterocycles. The normalized spacial score (nSPS) is 13.0. The van der Waals surface area contributed by atoms with Crippen LogP contribution >= 0.6 is 11.6 Å². The molecule has 24 heavy (non-hydrogen) atoms. The van der Waals surface area contributed by atoms with Gasteiger partial charge in [-0.1, -0.05) is 41.9 Å². The van der Waals surface area contributed by atoms with Gasteiger partial charge in [0.25, 0.3) is 5.91 Å². The number of anilines is 1. The summed E-state index contributed by atoms with van der Waals surface area (Å²) in [7, 11) is 0. The number of amides is 2. The van der Waals surface area contributed by atoms with Gasteiger partial charge in [0, 0.05) is 17.1 Å². The minimum Gasteiger partial charge on any atom is -0.330 e. The largest absolute Gasteiger partial charge is 0.330 e. The molecule has 0 bridgehead atoms. The van der Waals surface area contributed by atoms with Crippen LogP contribution in [0.25, 0.3) is 0 Å². The van der Waals surface area contributed by atoms with Crippen LogP contribution in [0.3, 0.4) is 0 Å². The number of para-hydroxylation sites is 1. The van der Waals surface area contributed by atoms with Crippen LogP contribution in [0.5, 0.6) is 0 Å². The molecule has 0 aliphatic carbocycles. The van der Waals surface area contributed by atoms with E-state index in [9.17, 15) is 9.59 Å². The van der Waals surface area contributed by atoms with Crippen LogP contribution in [0.4, 0.5) is 5.69 Å². The van der Waals surface area contributed by atoms with Crippen LogP contribution in [0.15, 0.2) is 54.6 Å². The van der Waals surface area contributed by atoms with Crippen LogP contribution in [0.1, 0.15) is 18.9 Å². The van der Waals surface area contributed by atoms with Crippen molar-refractivity contribution in [2.75, 3.05) is 5.32 Å². The summed E-state index contributed by atoms with van der Waals surface area (Å²) in [5.41, 5.74) is 6.05. The average Bonchev–Trinajstić information content (AvgIpc) is 2.55. The third-order valence-corrected chi connectivity index (χ3v) is 3.71.